The van der Waals surface area contributed by atoms with Gasteiger partial charge in [0.1, 0.15) is 0 Å². The molecule has 2 rings (SSSR count). The average Bonchev–Trinajstić information content (AvgIpc) is 2.58. The van der Waals surface area contributed by atoms with Gasteiger partial charge in [0.05, 0.1) is 11.0 Å². The fraction of sp³-hybridized carbons (Fsp3) is 0.600. The molecule has 1 aromatic rings. The van der Waals surface area contributed by atoms with Crippen LogP contribution in [-0.2, 0) is 27.4 Å². The van der Waals surface area contributed by atoms with Gasteiger partial charge in [0.2, 0.25) is 0 Å². The number of aromatic nitrogens is 1. The molecule has 0 bridgehead atoms. The number of alkyl halides is 2. The van der Waals surface area contributed by atoms with Crippen LogP contribution in [0.25, 0.3) is 0 Å². The number of rotatable bonds is 3. The Labute approximate surface area is 97.9 Å². The fourth-order valence-electron chi connectivity index (χ4n) is 2.16. The van der Waals surface area contributed by atoms with Crippen molar-refractivity contribution in [1.29, 1.82) is 0 Å². The van der Waals surface area contributed by atoms with E-state index in [1.54, 1.807) is 0 Å². The zero-order valence-electron chi connectivity index (χ0n) is 9.24. The van der Waals surface area contributed by atoms with Gasteiger partial charge in [-0.3, -0.25) is 0 Å². The molecule has 1 aliphatic carbocycles. The van der Waals surface area contributed by atoms with Gasteiger partial charge >= 0.3 is 6.61 Å². The highest BCUT2D eigenvalue weighted by molar-refractivity contribution is 7.90. The average molecular weight is 265 g/mol. The van der Waals surface area contributed by atoms with Crippen molar-refractivity contribution in [3.63, 3.8) is 0 Å². The second kappa shape index (κ2) is 4.38. The van der Waals surface area contributed by atoms with Gasteiger partial charge in [0.25, 0.3) is 0 Å². The fourth-order valence-corrected chi connectivity index (χ4v) is 3.11. The number of fused-ring (bicyclic) bond motifs is 1. The molecular formula is C10H13F2NO3S. The van der Waals surface area contributed by atoms with Gasteiger partial charge in [-0.25, -0.2) is 8.42 Å². The van der Waals surface area contributed by atoms with Gasteiger partial charge in [-0.1, -0.05) is 0 Å². The number of halogens is 2. The predicted molar refractivity (Wildman–Crippen MR) is 56.8 cm³/mol. The maximum atomic E-state index is 12.1. The molecule has 0 aromatic carbocycles. The quantitative estimate of drug-likeness (QED) is 0.901. The van der Waals surface area contributed by atoms with Crippen molar-refractivity contribution in [3.8, 4) is 0 Å². The van der Waals surface area contributed by atoms with Gasteiger partial charge in [0.15, 0.2) is 9.84 Å². The Bertz CT molecular complexity index is 510. The Kier molecular flexibility index (Phi) is 3.22. The summed E-state index contributed by atoms with van der Waals surface area (Å²) in [5, 5.41) is 0. The molecule has 1 atom stereocenters. The molecule has 1 aromatic heterocycles. The minimum absolute atomic E-state index is 0.267. The van der Waals surface area contributed by atoms with Crippen LogP contribution in [0.4, 0.5) is 8.78 Å². The lowest BCUT2D eigenvalue weighted by Crippen LogP contribution is -2.25. The topological polar surface area (TPSA) is 59.2 Å². The van der Waals surface area contributed by atoms with Crippen LogP contribution in [0.5, 0.6) is 0 Å². The molecule has 1 heterocycles. The maximum absolute atomic E-state index is 12.1. The molecule has 1 aliphatic rings. The van der Waals surface area contributed by atoms with Crippen LogP contribution >= 0.6 is 0 Å². The predicted octanol–water partition coefficient (Wildman–Crippen LogP) is 1.51. The van der Waals surface area contributed by atoms with Gasteiger partial charge < -0.3 is 9.72 Å². The lowest BCUT2D eigenvalue weighted by atomic mass is 9.95. The highest BCUT2D eigenvalue weighted by Gasteiger charge is 2.27. The van der Waals surface area contributed by atoms with Gasteiger partial charge in [-0.05, 0) is 18.4 Å². The van der Waals surface area contributed by atoms with Crippen molar-refractivity contribution < 1.29 is 21.9 Å². The van der Waals surface area contributed by atoms with Crippen LogP contribution in [0.15, 0.2) is 11.1 Å². The van der Waals surface area contributed by atoms with Crippen LogP contribution in [0.1, 0.15) is 17.7 Å². The summed E-state index contributed by atoms with van der Waals surface area (Å²) in [7, 11) is -3.26. The molecule has 96 valence electrons. The lowest BCUT2D eigenvalue weighted by molar-refractivity contribution is -0.164. The number of aromatic amines is 1. The van der Waals surface area contributed by atoms with Crippen LogP contribution in [0, 0.1) is 0 Å². The zero-order chi connectivity index (χ0) is 12.6. The number of ether oxygens (including phenoxy) is 1. The molecule has 0 aliphatic heterocycles. The standard InChI is InChI=1S/C10H13F2NO3S/c1-17(14,15)9-5-13-8-4-6(16-10(11)12)2-3-7(8)9/h5-6,10,13H,2-4H2,1H3. The highest BCUT2D eigenvalue weighted by atomic mass is 32.2. The number of sulfone groups is 1. The van der Waals surface area contributed by atoms with E-state index in [1.807, 2.05) is 0 Å². The molecule has 1 unspecified atom stereocenters. The first-order chi connectivity index (χ1) is 7.88. The third kappa shape index (κ3) is 2.66. The van der Waals surface area contributed by atoms with Crippen LogP contribution in [0.3, 0.4) is 0 Å². The minimum atomic E-state index is -3.26. The molecule has 0 saturated carbocycles. The molecule has 0 saturated heterocycles. The van der Waals surface area contributed by atoms with Crippen molar-refractivity contribution in [2.75, 3.05) is 6.26 Å². The molecule has 1 N–H and O–H groups in total. The summed E-state index contributed by atoms with van der Waals surface area (Å²) < 4.78 is 51.5. The van der Waals surface area contributed by atoms with E-state index >= 15 is 0 Å². The molecule has 0 amide bonds. The van der Waals surface area contributed by atoms with Crippen molar-refractivity contribution >= 4 is 9.84 Å². The smallest absolute Gasteiger partial charge is 0.345 e. The third-order valence-electron chi connectivity index (χ3n) is 2.88. The maximum Gasteiger partial charge on any atom is 0.345 e. The second-order valence-electron chi connectivity index (χ2n) is 4.14. The first-order valence-electron chi connectivity index (χ1n) is 5.20. The lowest BCUT2D eigenvalue weighted by Gasteiger charge is -2.22. The van der Waals surface area contributed by atoms with Gasteiger partial charge in [-0.2, -0.15) is 8.78 Å². The Morgan fingerprint density at radius 2 is 2.24 bits per heavy atom. The van der Waals surface area contributed by atoms with Gasteiger partial charge in [0, 0.05) is 24.6 Å². The second-order valence-corrected chi connectivity index (χ2v) is 6.13. The number of hydrogen-bond acceptors (Lipinski definition) is 3. The normalized spacial score (nSPS) is 20.6. The van der Waals surface area contributed by atoms with E-state index in [1.165, 1.54) is 6.20 Å². The monoisotopic (exact) mass is 265 g/mol. The Balaban J connectivity index is 2.22. The van der Waals surface area contributed by atoms with E-state index in [4.69, 9.17) is 0 Å². The van der Waals surface area contributed by atoms with Crippen molar-refractivity contribution in [2.45, 2.75) is 36.9 Å². The largest absolute Gasteiger partial charge is 0.363 e. The van der Waals surface area contributed by atoms with E-state index in [-0.39, 0.29) is 4.90 Å². The first kappa shape index (κ1) is 12.5. The Hall–Kier alpha value is -0.950. The van der Waals surface area contributed by atoms with Crippen LogP contribution in [-0.4, -0.2) is 32.4 Å². The number of nitrogens with one attached hydrogen (secondary N) is 1. The number of hydrogen-bond donors (Lipinski definition) is 1. The molecule has 4 nitrogen and oxygen atoms in total. The van der Waals surface area contributed by atoms with Crippen molar-refractivity contribution in [2.24, 2.45) is 0 Å². The van der Waals surface area contributed by atoms with E-state index in [9.17, 15) is 17.2 Å². The van der Waals surface area contributed by atoms with E-state index in [0.717, 1.165) is 6.26 Å². The minimum Gasteiger partial charge on any atom is -0.363 e. The van der Waals surface area contributed by atoms with Crippen LogP contribution < -0.4 is 0 Å². The van der Waals surface area contributed by atoms with E-state index < -0.39 is 22.6 Å². The first-order valence-corrected chi connectivity index (χ1v) is 7.10. The summed E-state index contributed by atoms with van der Waals surface area (Å²) in [4.78, 5) is 3.10. The SMILES string of the molecule is CS(=O)(=O)c1c[nH]c2c1CCC(OC(F)F)C2. The summed E-state index contributed by atoms with van der Waals surface area (Å²) in [5.41, 5.74) is 1.39. The molecule has 17 heavy (non-hydrogen) atoms. The van der Waals surface area contributed by atoms with E-state index in [0.29, 0.717) is 30.5 Å². The molecule has 0 radical (unpaired) electrons. The Morgan fingerprint density at radius 1 is 1.53 bits per heavy atom. The summed E-state index contributed by atoms with van der Waals surface area (Å²) in [6.45, 7) is -2.79. The van der Waals surface area contributed by atoms with Crippen molar-refractivity contribution in [3.05, 3.63) is 17.5 Å². The summed E-state index contributed by atoms with van der Waals surface area (Å²) in [5.74, 6) is 0. The Morgan fingerprint density at radius 3 is 2.82 bits per heavy atom. The zero-order valence-corrected chi connectivity index (χ0v) is 10.1. The molecule has 7 heteroatoms. The van der Waals surface area contributed by atoms with Crippen molar-refractivity contribution in [1.82, 2.24) is 4.98 Å². The number of H-pyrrole nitrogens is 1. The summed E-state index contributed by atoms with van der Waals surface area (Å²) in [6, 6.07) is 0. The van der Waals surface area contributed by atoms with E-state index in [2.05, 4.69) is 9.72 Å². The molecule has 0 spiro atoms. The molecule has 0 fully saturated rings. The van der Waals surface area contributed by atoms with Crippen LogP contribution in [0.2, 0.25) is 0 Å². The third-order valence-corrected chi connectivity index (χ3v) is 4.05. The summed E-state index contributed by atoms with van der Waals surface area (Å²) >= 11 is 0. The highest BCUT2D eigenvalue weighted by Crippen LogP contribution is 2.29. The summed E-state index contributed by atoms with van der Waals surface area (Å²) in [6.07, 6.45) is 3.17. The molecular weight excluding hydrogens is 252 g/mol. The van der Waals surface area contributed by atoms with Gasteiger partial charge in [-0.15, -0.1) is 0 Å².